The Morgan fingerprint density at radius 3 is 2.88 bits per heavy atom. The van der Waals surface area contributed by atoms with Crippen molar-refractivity contribution < 1.29 is 14.2 Å². The smallest absolute Gasteiger partial charge is 0.191 e. The molecule has 32 heavy (non-hydrogen) atoms. The normalized spacial score (nSPS) is 17.9. The predicted octanol–water partition coefficient (Wildman–Crippen LogP) is 4.07. The molecule has 1 saturated heterocycles. The van der Waals surface area contributed by atoms with Crippen molar-refractivity contribution >= 4 is 47.2 Å². The Morgan fingerprint density at radius 2 is 2.06 bits per heavy atom. The molecule has 9 heteroatoms. The van der Waals surface area contributed by atoms with Gasteiger partial charge in [0.15, 0.2) is 17.5 Å². The highest BCUT2D eigenvalue weighted by Gasteiger charge is 2.25. The Hall–Kier alpha value is -2.07. The highest BCUT2D eigenvalue weighted by atomic mass is 127. The molecule has 0 radical (unpaired) electrons. The van der Waals surface area contributed by atoms with Gasteiger partial charge in [0.25, 0.3) is 0 Å². The number of ether oxygens (including phenoxy) is 3. The van der Waals surface area contributed by atoms with Crippen LogP contribution in [0.4, 0.5) is 5.69 Å². The van der Waals surface area contributed by atoms with Gasteiger partial charge >= 0.3 is 0 Å². The number of fused-ring (bicyclic) bond motifs is 1. The topological polar surface area (TPSA) is 67.4 Å². The zero-order chi connectivity index (χ0) is 21.6. The summed E-state index contributed by atoms with van der Waals surface area (Å²) in [4.78, 5) is 6.73. The van der Waals surface area contributed by atoms with Crippen molar-refractivity contribution in [1.29, 1.82) is 0 Å². The van der Waals surface area contributed by atoms with E-state index in [1.165, 1.54) is 0 Å². The molecular formula is C23H30ClIN4O3. The molecule has 0 amide bonds. The van der Waals surface area contributed by atoms with Gasteiger partial charge in [-0.2, -0.15) is 0 Å². The molecule has 2 heterocycles. The van der Waals surface area contributed by atoms with Crippen LogP contribution < -0.4 is 29.7 Å². The average molecular weight is 573 g/mol. The van der Waals surface area contributed by atoms with Gasteiger partial charge in [-0.05, 0) is 36.2 Å². The van der Waals surface area contributed by atoms with E-state index in [4.69, 9.17) is 25.8 Å². The Bertz CT molecular complexity index is 943. The average Bonchev–Trinajstić information content (AvgIpc) is 3.12. The number of nitrogens with one attached hydrogen (secondary N) is 2. The van der Waals surface area contributed by atoms with Gasteiger partial charge in [0.1, 0.15) is 5.75 Å². The van der Waals surface area contributed by atoms with E-state index in [9.17, 15) is 0 Å². The minimum Gasteiger partial charge on any atom is -0.495 e. The Kier molecular flexibility index (Phi) is 8.98. The lowest BCUT2D eigenvalue weighted by molar-refractivity contribution is 0.297. The molecule has 1 fully saturated rings. The van der Waals surface area contributed by atoms with E-state index in [0.29, 0.717) is 42.3 Å². The second-order valence-corrected chi connectivity index (χ2v) is 8.04. The standard InChI is InChI=1S/C23H29ClN4O3.HI/c1-25-23(26-14-16-12-18(24)22-21(13-16)30-10-5-11-31-22)27-17-8-9-28(15-17)19-6-3-4-7-20(19)29-2;/h3-4,6-7,12-13,17H,5,8-11,14-15H2,1-2H3,(H2,25,26,27);1H. The highest BCUT2D eigenvalue weighted by molar-refractivity contribution is 14.0. The third-order valence-electron chi connectivity index (χ3n) is 5.50. The maximum Gasteiger partial charge on any atom is 0.191 e. The molecule has 0 aromatic heterocycles. The maximum atomic E-state index is 6.41. The summed E-state index contributed by atoms with van der Waals surface area (Å²) >= 11 is 6.41. The molecule has 1 unspecified atom stereocenters. The fourth-order valence-corrected chi connectivity index (χ4v) is 4.24. The third-order valence-corrected chi connectivity index (χ3v) is 5.78. The van der Waals surface area contributed by atoms with Gasteiger partial charge in [0, 0.05) is 39.1 Å². The van der Waals surface area contributed by atoms with Gasteiger partial charge < -0.3 is 29.7 Å². The summed E-state index contributed by atoms with van der Waals surface area (Å²) in [5.74, 6) is 2.99. The molecule has 7 nitrogen and oxygen atoms in total. The number of halogens is 2. The summed E-state index contributed by atoms with van der Waals surface area (Å²) in [6, 6.07) is 12.3. The van der Waals surface area contributed by atoms with Crippen LogP contribution in [0.5, 0.6) is 17.2 Å². The molecular weight excluding hydrogens is 543 g/mol. The van der Waals surface area contributed by atoms with Gasteiger partial charge in [0.2, 0.25) is 0 Å². The van der Waals surface area contributed by atoms with E-state index >= 15 is 0 Å². The van der Waals surface area contributed by atoms with Crippen LogP contribution in [0.15, 0.2) is 41.4 Å². The summed E-state index contributed by atoms with van der Waals surface area (Å²) in [5, 5.41) is 7.48. The second-order valence-electron chi connectivity index (χ2n) is 7.63. The van der Waals surface area contributed by atoms with Crippen LogP contribution >= 0.6 is 35.6 Å². The number of aliphatic imine (C=N–C) groups is 1. The third kappa shape index (κ3) is 5.83. The van der Waals surface area contributed by atoms with Crippen molar-refractivity contribution in [2.45, 2.75) is 25.4 Å². The summed E-state index contributed by atoms with van der Waals surface area (Å²) in [7, 11) is 3.49. The molecule has 2 aromatic rings. The van der Waals surface area contributed by atoms with Crippen molar-refractivity contribution in [3.63, 3.8) is 0 Å². The first-order valence-corrected chi connectivity index (χ1v) is 11.0. The SMILES string of the molecule is CN=C(NCc1cc(Cl)c2c(c1)OCCCO2)NC1CCN(c2ccccc2OC)C1.I. The molecule has 174 valence electrons. The molecule has 0 spiro atoms. The van der Waals surface area contributed by atoms with E-state index in [1.807, 2.05) is 30.3 Å². The van der Waals surface area contributed by atoms with E-state index in [-0.39, 0.29) is 24.0 Å². The fourth-order valence-electron chi connectivity index (χ4n) is 3.95. The van der Waals surface area contributed by atoms with Gasteiger partial charge in [-0.25, -0.2) is 0 Å². The van der Waals surface area contributed by atoms with Crippen LogP contribution in [0.25, 0.3) is 0 Å². The minimum absolute atomic E-state index is 0. The largest absolute Gasteiger partial charge is 0.495 e. The Balaban J connectivity index is 0.00000289. The lowest BCUT2D eigenvalue weighted by Gasteiger charge is -2.22. The van der Waals surface area contributed by atoms with Gasteiger partial charge in [-0.3, -0.25) is 4.99 Å². The Morgan fingerprint density at radius 1 is 1.25 bits per heavy atom. The fraction of sp³-hybridized carbons (Fsp3) is 0.435. The Labute approximate surface area is 211 Å². The molecule has 2 N–H and O–H groups in total. The lowest BCUT2D eigenvalue weighted by Crippen LogP contribution is -2.44. The number of hydrogen-bond acceptors (Lipinski definition) is 5. The van der Waals surface area contributed by atoms with E-state index in [1.54, 1.807) is 14.2 Å². The summed E-state index contributed by atoms with van der Waals surface area (Å²) in [6.45, 7) is 3.69. The predicted molar refractivity (Wildman–Crippen MR) is 139 cm³/mol. The number of methoxy groups -OCH3 is 1. The molecule has 0 aliphatic carbocycles. The number of para-hydroxylation sites is 2. The number of hydrogen-bond donors (Lipinski definition) is 2. The van der Waals surface area contributed by atoms with Crippen molar-refractivity contribution in [3.05, 3.63) is 47.0 Å². The molecule has 2 aromatic carbocycles. The number of anilines is 1. The van der Waals surface area contributed by atoms with Crippen LogP contribution in [0.3, 0.4) is 0 Å². The van der Waals surface area contributed by atoms with Crippen molar-refractivity contribution in [2.75, 3.05) is 45.4 Å². The number of rotatable bonds is 5. The van der Waals surface area contributed by atoms with Crippen LogP contribution in [0.2, 0.25) is 5.02 Å². The van der Waals surface area contributed by atoms with E-state index < -0.39 is 0 Å². The highest BCUT2D eigenvalue weighted by Crippen LogP contribution is 2.38. The van der Waals surface area contributed by atoms with Crippen LogP contribution in [0, 0.1) is 0 Å². The summed E-state index contributed by atoms with van der Waals surface area (Å²) in [6.07, 6.45) is 1.87. The molecule has 2 aliphatic heterocycles. The van der Waals surface area contributed by atoms with Crippen molar-refractivity contribution in [2.24, 2.45) is 4.99 Å². The zero-order valence-corrected chi connectivity index (χ0v) is 21.5. The lowest BCUT2D eigenvalue weighted by atomic mass is 10.2. The summed E-state index contributed by atoms with van der Waals surface area (Å²) in [5.41, 5.74) is 2.14. The van der Waals surface area contributed by atoms with Gasteiger partial charge in [-0.1, -0.05) is 23.7 Å². The van der Waals surface area contributed by atoms with Crippen molar-refractivity contribution in [1.82, 2.24) is 10.6 Å². The number of guanidine groups is 1. The van der Waals surface area contributed by atoms with E-state index in [0.717, 1.165) is 48.9 Å². The van der Waals surface area contributed by atoms with Crippen molar-refractivity contribution in [3.8, 4) is 17.2 Å². The summed E-state index contributed by atoms with van der Waals surface area (Å²) < 4.78 is 17.0. The molecule has 0 saturated carbocycles. The van der Waals surface area contributed by atoms with Crippen LogP contribution in [-0.4, -0.2) is 52.5 Å². The molecule has 0 bridgehead atoms. The quantitative estimate of drug-likeness (QED) is 0.320. The monoisotopic (exact) mass is 572 g/mol. The van der Waals surface area contributed by atoms with Crippen LogP contribution in [0.1, 0.15) is 18.4 Å². The molecule has 1 atom stereocenters. The zero-order valence-electron chi connectivity index (χ0n) is 18.4. The number of nitrogens with zero attached hydrogens (tertiary/aromatic N) is 2. The first-order valence-electron chi connectivity index (χ1n) is 10.6. The van der Waals surface area contributed by atoms with E-state index in [2.05, 4.69) is 26.6 Å². The molecule has 2 aliphatic rings. The first-order chi connectivity index (χ1) is 15.2. The number of benzene rings is 2. The van der Waals surface area contributed by atoms with Gasteiger partial charge in [-0.15, -0.1) is 24.0 Å². The first kappa shape index (κ1) is 24.6. The maximum absolute atomic E-state index is 6.41. The molecule has 4 rings (SSSR count). The second kappa shape index (κ2) is 11.7. The van der Waals surface area contributed by atoms with Gasteiger partial charge in [0.05, 0.1) is 31.0 Å². The van der Waals surface area contributed by atoms with Crippen LogP contribution in [-0.2, 0) is 6.54 Å². The minimum atomic E-state index is 0.